The van der Waals surface area contributed by atoms with E-state index in [-0.39, 0.29) is 32.2 Å². The summed E-state index contributed by atoms with van der Waals surface area (Å²) in [6.45, 7) is -0.860. The van der Waals surface area contributed by atoms with Gasteiger partial charge in [0, 0.05) is 64.7 Å². The number of likely N-dealkylation sites (N-methyl/N-ethyl adjacent to an activating group) is 1. The van der Waals surface area contributed by atoms with Crippen LogP contribution in [0.3, 0.4) is 0 Å². The molecule has 2 atom stereocenters. The van der Waals surface area contributed by atoms with Crippen LogP contribution in [0.25, 0.3) is 0 Å². The quantitative estimate of drug-likeness (QED) is 0.429. The summed E-state index contributed by atoms with van der Waals surface area (Å²) in [6, 6.07) is 3.81. The molecule has 0 unspecified atom stereocenters. The summed E-state index contributed by atoms with van der Waals surface area (Å²) in [5, 5.41) is 9.15. The van der Waals surface area contributed by atoms with Gasteiger partial charge in [-0.3, -0.25) is 9.69 Å². The molecule has 0 aromatic heterocycles. The number of carbonyl (C=O) groups is 3. The van der Waals surface area contributed by atoms with Crippen molar-refractivity contribution in [1.82, 2.24) is 14.7 Å². The number of halogens is 8. The highest BCUT2D eigenvalue weighted by Crippen LogP contribution is 2.40. The van der Waals surface area contributed by atoms with Crippen molar-refractivity contribution < 1.29 is 54.6 Å². The number of alkyl halides is 7. The van der Waals surface area contributed by atoms with Crippen molar-refractivity contribution in [2.24, 2.45) is 0 Å². The first-order chi connectivity index (χ1) is 20.3. The summed E-state index contributed by atoms with van der Waals surface area (Å²) in [7, 11) is 2.23. The van der Waals surface area contributed by atoms with Gasteiger partial charge in [-0.15, -0.1) is 0 Å². The average molecular weight is 637 g/mol. The van der Waals surface area contributed by atoms with Crippen LogP contribution in [-0.2, 0) is 17.1 Å². The highest BCUT2D eigenvalue weighted by atomic mass is 19.4. The number of amides is 4. The number of carboxylic acid groups (broad SMARTS) is 1. The van der Waals surface area contributed by atoms with Gasteiger partial charge in [-0.2, -0.15) is 26.3 Å². The van der Waals surface area contributed by atoms with Crippen LogP contribution in [0.15, 0.2) is 42.5 Å². The van der Waals surface area contributed by atoms with Crippen molar-refractivity contribution in [2.45, 2.75) is 42.8 Å². The van der Waals surface area contributed by atoms with Crippen molar-refractivity contribution in [1.29, 1.82) is 0 Å². The lowest BCUT2D eigenvalue weighted by atomic mass is 9.91. The van der Waals surface area contributed by atoms with Crippen molar-refractivity contribution in [3.63, 3.8) is 0 Å². The molecular formula is C28H28F8N4O4. The van der Waals surface area contributed by atoms with Gasteiger partial charge < -0.3 is 19.8 Å². The number of hydrogen-bond acceptors (Lipinski definition) is 3. The van der Waals surface area contributed by atoms with Crippen molar-refractivity contribution in [3.05, 3.63) is 65.0 Å². The molecule has 4 rings (SSSR count). The molecule has 16 heteroatoms. The van der Waals surface area contributed by atoms with Crippen molar-refractivity contribution in [3.8, 4) is 0 Å². The van der Waals surface area contributed by atoms with E-state index in [1.54, 1.807) is 0 Å². The molecular weight excluding hydrogens is 608 g/mol. The minimum atomic E-state index is -5.14. The minimum absolute atomic E-state index is 0.0652. The summed E-state index contributed by atoms with van der Waals surface area (Å²) >= 11 is 0. The van der Waals surface area contributed by atoms with E-state index < -0.39 is 83.5 Å². The summed E-state index contributed by atoms with van der Waals surface area (Å²) in [4.78, 5) is 41.9. The lowest BCUT2D eigenvalue weighted by molar-refractivity contribution is -0.146. The first-order valence-corrected chi connectivity index (χ1v) is 13.3. The molecule has 2 aliphatic heterocycles. The number of hydrogen-bond donors (Lipinski definition) is 1. The second-order valence-corrected chi connectivity index (χ2v) is 10.9. The van der Waals surface area contributed by atoms with Gasteiger partial charge in [-0.05, 0) is 35.9 Å². The Labute approximate surface area is 246 Å². The smallest absolute Gasteiger partial charge is 0.416 e. The van der Waals surface area contributed by atoms with E-state index in [2.05, 4.69) is 0 Å². The Morgan fingerprint density at radius 2 is 1.39 bits per heavy atom. The highest BCUT2D eigenvalue weighted by Gasteiger charge is 2.49. The first-order valence-electron chi connectivity index (χ1n) is 13.3. The standard InChI is InChI=1S/C28H28F8N4O4/c1-37(20-12-17(27(31,32)33)11-18(13-20)28(34,35)36)24(42)38(2)22-15-40(14-21(22)16-3-5-19(29)6-4-16)23(41)26(30)7-9-39(10-8-26)25(43)44/h3-6,11-13,21-22H,7-10,14-15H2,1-2H3,(H,43,44)/t21-,22+/m0/s1. The van der Waals surface area contributed by atoms with E-state index in [0.29, 0.717) is 22.6 Å². The Morgan fingerprint density at radius 3 is 1.86 bits per heavy atom. The van der Waals surface area contributed by atoms with Crippen LogP contribution < -0.4 is 4.90 Å². The molecule has 1 N–H and O–H groups in total. The average Bonchev–Trinajstić information content (AvgIpc) is 3.40. The normalized spacial score (nSPS) is 20.4. The van der Waals surface area contributed by atoms with Gasteiger partial charge in [0.2, 0.25) is 0 Å². The third kappa shape index (κ3) is 6.68. The van der Waals surface area contributed by atoms with Gasteiger partial charge >= 0.3 is 24.5 Å². The van der Waals surface area contributed by atoms with Gasteiger partial charge in [0.15, 0.2) is 5.67 Å². The Kier molecular flexibility index (Phi) is 8.77. The Morgan fingerprint density at radius 1 is 0.864 bits per heavy atom. The lowest BCUT2D eigenvalue weighted by Crippen LogP contribution is -2.53. The second-order valence-electron chi connectivity index (χ2n) is 10.9. The molecule has 8 nitrogen and oxygen atoms in total. The molecule has 4 amide bonds. The topological polar surface area (TPSA) is 84.4 Å². The van der Waals surface area contributed by atoms with Crippen molar-refractivity contribution in [2.75, 3.05) is 45.2 Å². The molecule has 2 heterocycles. The molecule has 240 valence electrons. The van der Waals surface area contributed by atoms with Gasteiger partial charge in [0.1, 0.15) is 5.82 Å². The van der Waals surface area contributed by atoms with E-state index in [1.807, 2.05) is 0 Å². The summed E-state index contributed by atoms with van der Waals surface area (Å²) in [6.07, 6.45) is -12.4. The number of likely N-dealkylation sites (tertiary alicyclic amines) is 2. The molecule has 2 aliphatic rings. The summed E-state index contributed by atoms with van der Waals surface area (Å²) < 4.78 is 110. The van der Waals surface area contributed by atoms with Crippen LogP contribution in [0.4, 0.5) is 50.4 Å². The number of nitrogens with zero attached hydrogens (tertiary/aromatic N) is 4. The van der Waals surface area contributed by atoms with Crippen LogP contribution in [-0.4, -0.2) is 89.8 Å². The maximum atomic E-state index is 15.8. The molecule has 0 aliphatic carbocycles. The highest BCUT2D eigenvalue weighted by molar-refractivity contribution is 5.92. The third-order valence-electron chi connectivity index (χ3n) is 8.13. The predicted molar refractivity (Wildman–Crippen MR) is 140 cm³/mol. The molecule has 2 fully saturated rings. The van der Waals surface area contributed by atoms with Crippen LogP contribution in [0.5, 0.6) is 0 Å². The van der Waals surface area contributed by atoms with Crippen LogP contribution >= 0.6 is 0 Å². The lowest BCUT2D eigenvalue weighted by Gasteiger charge is -2.36. The number of urea groups is 1. The fraction of sp³-hybridized carbons (Fsp3) is 0.464. The zero-order valence-electron chi connectivity index (χ0n) is 23.4. The maximum Gasteiger partial charge on any atom is 0.416 e. The van der Waals surface area contributed by atoms with Crippen LogP contribution in [0.2, 0.25) is 0 Å². The molecule has 44 heavy (non-hydrogen) atoms. The SMILES string of the molecule is CN(C(=O)N(C)[C@@H]1CN(C(=O)C2(F)CCN(C(=O)O)CC2)C[C@H]1c1ccc(F)cc1)c1cc(C(F)(F)F)cc(C(F)(F)F)c1. The molecule has 2 aromatic carbocycles. The zero-order chi connectivity index (χ0) is 32.8. The van der Waals surface area contributed by atoms with Gasteiger partial charge in [0.05, 0.1) is 17.2 Å². The Bertz CT molecular complexity index is 1380. The van der Waals surface area contributed by atoms with Crippen LogP contribution in [0, 0.1) is 5.82 Å². The third-order valence-corrected chi connectivity index (χ3v) is 8.13. The Balaban J connectivity index is 1.63. The summed E-state index contributed by atoms with van der Waals surface area (Å²) in [5.41, 5.74) is -5.89. The van der Waals surface area contributed by atoms with Gasteiger partial charge in [-0.25, -0.2) is 18.4 Å². The van der Waals surface area contributed by atoms with Crippen molar-refractivity contribution >= 4 is 23.7 Å². The number of benzene rings is 2. The van der Waals surface area contributed by atoms with Gasteiger partial charge in [-0.1, -0.05) is 12.1 Å². The predicted octanol–water partition coefficient (Wildman–Crippen LogP) is 5.83. The first kappa shape index (κ1) is 32.8. The zero-order valence-corrected chi connectivity index (χ0v) is 23.4. The van der Waals surface area contributed by atoms with Gasteiger partial charge in [0.25, 0.3) is 5.91 Å². The minimum Gasteiger partial charge on any atom is -0.465 e. The molecule has 0 saturated carbocycles. The van der Waals surface area contributed by atoms with E-state index in [9.17, 15) is 45.1 Å². The van der Waals surface area contributed by atoms with E-state index in [4.69, 9.17) is 5.11 Å². The number of anilines is 1. The number of piperidine rings is 1. The van der Waals surface area contributed by atoms with E-state index in [0.717, 1.165) is 33.9 Å². The largest absolute Gasteiger partial charge is 0.465 e. The fourth-order valence-corrected chi connectivity index (χ4v) is 5.55. The van der Waals surface area contributed by atoms with Crippen LogP contribution in [0.1, 0.15) is 35.4 Å². The molecule has 0 radical (unpaired) electrons. The second kappa shape index (κ2) is 11.8. The fourth-order valence-electron chi connectivity index (χ4n) is 5.55. The summed E-state index contributed by atoms with van der Waals surface area (Å²) in [5.74, 6) is -2.27. The molecule has 0 spiro atoms. The number of carbonyl (C=O) groups excluding carboxylic acids is 2. The number of rotatable bonds is 4. The Hall–Kier alpha value is -4.11. The molecule has 0 bridgehead atoms. The molecule has 2 saturated heterocycles. The monoisotopic (exact) mass is 636 g/mol. The van der Waals surface area contributed by atoms with E-state index in [1.165, 1.54) is 19.2 Å². The molecule has 2 aromatic rings. The maximum absolute atomic E-state index is 15.8. The van der Waals surface area contributed by atoms with E-state index >= 15 is 4.39 Å².